The molecular formula is C12H15BrN2O4. The lowest BCUT2D eigenvalue weighted by Crippen LogP contribution is -2.28. The zero-order chi connectivity index (χ0) is 14.7. The van der Waals surface area contributed by atoms with Crippen molar-refractivity contribution in [3.05, 3.63) is 32.3 Å². The van der Waals surface area contributed by atoms with Gasteiger partial charge in [-0.15, -0.1) is 0 Å². The van der Waals surface area contributed by atoms with Gasteiger partial charge in [-0.1, -0.05) is 6.92 Å². The molecule has 1 unspecified atom stereocenters. The van der Waals surface area contributed by atoms with Crippen LogP contribution in [0, 0.1) is 23.0 Å². The van der Waals surface area contributed by atoms with Crippen LogP contribution in [0.1, 0.15) is 12.5 Å². The highest BCUT2D eigenvalue weighted by molar-refractivity contribution is 9.10. The standard InChI is InChI=1S/C12H15BrN2O4/c1-7-4-11(9(13)5-10(7)15(18)19)14(3)6-8(2)12(16)17/h4-5,8H,6H2,1-3H3,(H,16,17). The molecule has 19 heavy (non-hydrogen) atoms. The van der Waals surface area contributed by atoms with Crippen LogP contribution < -0.4 is 4.90 Å². The van der Waals surface area contributed by atoms with E-state index in [1.165, 1.54) is 6.07 Å². The molecule has 0 amide bonds. The molecule has 0 aliphatic carbocycles. The Morgan fingerprint density at radius 3 is 2.63 bits per heavy atom. The molecule has 1 aromatic carbocycles. The van der Waals surface area contributed by atoms with Crippen molar-refractivity contribution < 1.29 is 14.8 Å². The minimum Gasteiger partial charge on any atom is -0.481 e. The smallest absolute Gasteiger partial charge is 0.308 e. The number of nitro benzene ring substituents is 1. The summed E-state index contributed by atoms with van der Waals surface area (Å²) in [6, 6.07) is 3.11. The number of carbonyl (C=O) groups is 1. The summed E-state index contributed by atoms with van der Waals surface area (Å²) in [4.78, 5) is 23.0. The van der Waals surface area contributed by atoms with Gasteiger partial charge in [0.25, 0.3) is 5.69 Å². The van der Waals surface area contributed by atoms with Gasteiger partial charge in [-0.3, -0.25) is 14.9 Å². The largest absolute Gasteiger partial charge is 0.481 e. The maximum atomic E-state index is 10.8. The van der Waals surface area contributed by atoms with Crippen LogP contribution in [0.5, 0.6) is 0 Å². The van der Waals surface area contributed by atoms with Gasteiger partial charge in [-0.2, -0.15) is 0 Å². The SMILES string of the molecule is Cc1cc(N(C)CC(C)C(=O)O)c(Br)cc1[N+](=O)[O-]. The Hall–Kier alpha value is -1.63. The number of rotatable bonds is 5. The fourth-order valence-corrected chi connectivity index (χ4v) is 2.37. The molecule has 0 aromatic heterocycles. The van der Waals surface area contributed by atoms with E-state index in [1.807, 2.05) is 0 Å². The Morgan fingerprint density at radius 2 is 2.16 bits per heavy atom. The van der Waals surface area contributed by atoms with Crippen LogP contribution in [0.15, 0.2) is 16.6 Å². The minimum absolute atomic E-state index is 0.0373. The second-order valence-corrected chi connectivity index (χ2v) is 5.32. The molecule has 0 aliphatic heterocycles. The number of hydrogen-bond acceptors (Lipinski definition) is 4. The highest BCUT2D eigenvalue weighted by Crippen LogP contribution is 2.32. The fraction of sp³-hybridized carbons (Fsp3) is 0.417. The first-order chi connectivity index (χ1) is 8.73. The maximum Gasteiger partial charge on any atom is 0.308 e. The van der Waals surface area contributed by atoms with Crippen molar-refractivity contribution in [1.29, 1.82) is 0 Å². The monoisotopic (exact) mass is 330 g/mol. The number of aryl methyl sites for hydroxylation is 1. The Labute approximate surface area is 119 Å². The molecule has 104 valence electrons. The van der Waals surface area contributed by atoms with Gasteiger partial charge < -0.3 is 10.0 Å². The predicted octanol–water partition coefficient (Wildman–Crippen LogP) is 2.82. The fourth-order valence-electron chi connectivity index (χ4n) is 1.73. The highest BCUT2D eigenvalue weighted by Gasteiger charge is 2.19. The zero-order valence-corrected chi connectivity index (χ0v) is 12.5. The van der Waals surface area contributed by atoms with E-state index in [4.69, 9.17) is 5.11 Å². The summed E-state index contributed by atoms with van der Waals surface area (Å²) >= 11 is 3.28. The summed E-state index contributed by atoms with van der Waals surface area (Å²) in [5, 5.41) is 19.7. The van der Waals surface area contributed by atoms with E-state index in [-0.39, 0.29) is 5.69 Å². The zero-order valence-electron chi connectivity index (χ0n) is 10.9. The molecule has 1 atom stereocenters. The number of halogens is 1. The topological polar surface area (TPSA) is 83.7 Å². The summed E-state index contributed by atoms with van der Waals surface area (Å²) < 4.78 is 0.574. The van der Waals surface area contributed by atoms with Crippen molar-refractivity contribution in [2.24, 2.45) is 5.92 Å². The summed E-state index contributed by atoms with van der Waals surface area (Å²) in [6.45, 7) is 3.60. The number of carboxylic acid groups (broad SMARTS) is 1. The Balaban J connectivity index is 3.05. The molecule has 0 saturated heterocycles. The van der Waals surface area contributed by atoms with Gasteiger partial charge in [0, 0.05) is 29.7 Å². The molecule has 1 aromatic rings. The lowest BCUT2D eigenvalue weighted by molar-refractivity contribution is -0.385. The van der Waals surface area contributed by atoms with Gasteiger partial charge in [-0.25, -0.2) is 0 Å². The van der Waals surface area contributed by atoms with E-state index in [0.717, 1.165) is 5.69 Å². The third-order valence-electron chi connectivity index (χ3n) is 2.84. The van der Waals surface area contributed by atoms with Crippen LogP contribution in [0.4, 0.5) is 11.4 Å². The first-order valence-electron chi connectivity index (χ1n) is 5.62. The van der Waals surface area contributed by atoms with E-state index >= 15 is 0 Å². The minimum atomic E-state index is -0.874. The van der Waals surface area contributed by atoms with Gasteiger partial charge in [-0.05, 0) is 28.9 Å². The number of carboxylic acids is 1. The van der Waals surface area contributed by atoms with Crippen LogP contribution in [0.2, 0.25) is 0 Å². The van der Waals surface area contributed by atoms with Crippen molar-refractivity contribution >= 4 is 33.3 Å². The van der Waals surface area contributed by atoms with E-state index < -0.39 is 16.8 Å². The summed E-state index contributed by atoms with van der Waals surface area (Å²) in [5.41, 5.74) is 1.31. The summed E-state index contributed by atoms with van der Waals surface area (Å²) in [6.07, 6.45) is 0. The summed E-state index contributed by atoms with van der Waals surface area (Å²) in [7, 11) is 1.75. The van der Waals surface area contributed by atoms with E-state index in [2.05, 4.69) is 15.9 Å². The molecule has 0 heterocycles. The molecule has 6 nitrogen and oxygen atoms in total. The highest BCUT2D eigenvalue weighted by atomic mass is 79.9. The number of benzene rings is 1. The van der Waals surface area contributed by atoms with Crippen molar-refractivity contribution in [2.75, 3.05) is 18.5 Å². The predicted molar refractivity (Wildman–Crippen MR) is 75.6 cm³/mol. The number of nitro groups is 1. The van der Waals surface area contributed by atoms with E-state index in [9.17, 15) is 14.9 Å². The molecule has 0 aliphatic rings. The van der Waals surface area contributed by atoms with Crippen LogP contribution in [0.3, 0.4) is 0 Å². The lowest BCUT2D eigenvalue weighted by Gasteiger charge is -2.23. The summed E-state index contributed by atoms with van der Waals surface area (Å²) in [5.74, 6) is -1.39. The molecule has 0 saturated carbocycles. The third-order valence-corrected chi connectivity index (χ3v) is 3.48. The average molecular weight is 331 g/mol. The quantitative estimate of drug-likeness (QED) is 0.662. The molecule has 0 bridgehead atoms. The maximum absolute atomic E-state index is 10.8. The van der Waals surface area contributed by atoms with Crippen LogP contribution >= 0.6 is 15.9 Å². The van der Waals surface area contributed by atoms with Crippen LogP contribution in [0.25, 0.3) is 0 Å². The number of aliphatic carboxylic acids is 1. The first kappa shape index (κ1) is 15.4. The normalized spacial score (nSPS) is 12.0. The van der Waals surface area contributed by atoms with Gasteiger partial charge in [0.1, 0.15) is 0 Å². The Kier molecular flexibility index (Phi) is 4.88. The Bertz CT molecular complexity index is 519. The second-order valence-electron chi connectivity index (χ2n) is 4.47. The first-order valence-corrected chi connectivity index (χ1v) is 6.41. The molecule has 7 heteroatoms. The third kappa shape index (κ3) is 3.66. The number of hydrogen-bond donors (Lipinski definition) is 1. The van der Waals surface area contributed by atoms with Gasteiger partial charge in [0.2, 0.25) is 0 Å². The van der Waals surface area contributed by atoms with Gasteiger partial charge >= 0.3 is 5.97 Å². The number of nitrogens with zero attached hydrogens (tertiary/aromatic N) is 2. The second kappa shape index (κ2) is 6.01. The van der Waals surface area contributed by atoms with Crippen molar-refractivity contribution in [1.82, 2.24) is 0 Å². The molecule has 1 N–H and O–H groups in total. The van der Waals surface area contributed by atoms with Gasteiger partial charge in [0.05, 0.1) is 16.5 Å². The lowest BCUT2D eigenvalue weighted by atomic mass is 10.1. The van der Waals surface area contributed by atoms with Crippen LogP contribution in [-0.4, -0.2) is 29.6 Å². The van der Waals surface area contributed by atoms with Gasteiger partial charge in [0.15, 0.2) is 0 Å². The molecular weight excluding hydrogens is 316 g/mol. The van der Waals surface area contributed by atoms with Crippen molar-refractivity contribution in [3.8, 4) is 0 Å². The number of anilines is 1. The average Bonchev–Trinajstić information content (AvgIpc) is 2.30. The van der Waals surface area contributed by atoms with E-state index in [1.54, 1.807) is 31.9 Å². The van der Waals surface area contributed by atoms with E-state index in [0.29, 0.717) is 16.6 Å². The molecule has 0 spiro atoms. The van der Waals surface area contributed by atoms with Crippen molar-refractivity contribution in [2.45, 2.75) is 13.8 Å². The van der Waals surface area contributed by atoms with Crippen LogP contribution in [-0.2, 0) is 4.79 Å². The molecule has 0 radical (unpaired) electrons. The van der Waals surface area contributed by atoms with Crippen molar-refractivity contribution in [3.63, 3.8) is 0 Å². The molecule has 1 rings (SSSR count). The molecule has 0 fully saturated rings. The Morgan fingerprint density at radius 1 is 1.58 bits per heavy atom.